The quantitative estimate of drug-likeness (QED) is 0.342. The lowest BCUT2D eigenvalue weighted by Gasteiger charge is -2.35. The number of carbonyl (C=O) groups excluding carboxylic acids is 2. The molecule has 0 saturated heterocycles. The van der Waals surface area contributed by atoms with Crippen LogP contribution in [-0.4, -0.2) is 50.0 Å². The summed E-state index contributed by atoms with van der Waals surface area (Å²) in [6, 6.07) is 23.9. The lowest BCUT2D eigenvalue weighted by molar-refractivity contribution is -0.140. The van der Waals surface area contributed by atoms with Gasteiger partial charge in [0, 0.05) is 19.0 Å². The van der Waals surface area contributed by atoms with Gasteiger partial charge in [0.05, 0.1) is 11.9 Å². The van der Waals surface area contributed by atoms with E-state index < -0.39 is 28.5 Å². The zero-order valence-electron chi connectivity index (χ0n) is 24.3. The lowest BCUT2D eigenvalue weighted by Crippen LogP contribution is -2.55. The molecule has 41 heavy (non-hydrogen) atoms. The van der Waals surface area contributed by atoms with Crippen molar-refractivity contribution in [1.82, 2.24) is 10.2 Å². The summed E-state index contributed by atoms with van der Waals surface area (Å²) in [5, 5.41) is 3.23. The third kappa shape index (κ3) is 8.43. The molecule has 1 aliphatic carbocycles. The average molecular weight is 576 g/mol. The standard InChI is InChI=1S/C33H41N3O4S/c1-25-19-20-30(26(2)21-25)36(41(3,39)40)24-32(37)35(23-28-15-9-5-10-16-28)31(22-27-13-7-4-8-14-27)33(38)34-29-17-11-6-12-18-29/h4-5,7-10,13-16,19-21,29,31H,6,11-12,17-18,22-24H2,1-3H3,(H,34,38). The highest BCUT2D eigenvalue weighted by Crippen LogP contribution is 2.25. The SMILES string of the molecule is Cc1ccc(N(CC(=O)N(Cc2ccccc2)C(Cc2ccccc2)C(=O)NC2CCCCC2)S(C)(=O)=O)c(C)c1. The summed E-state index contributed by atoms with van der Waals surface area (Å²) < 4.78 is 27.2. The molecule has 1 fully saturated rings. The van der Waals surface area contributed by atoms with Crippen molar-refractivity contribution in [2.45, 2.75) is 71.0 Å². The first-order valence-corrected chi connectivity index (χ1v) is 16.2. The van der Waals surface area contributed by atoms with Gasteiger partial charge in [-0.25, -0.2) is 8.42 Å². The van der Waals surface area contributed by atoms with Gasteiger partial charge < -0.3 is 10.2 Å². The van der Waals surface area contributed by atoms with Crippen LogP contribution >= 0.6 is 0 Å². The van der Waals surface area contributed by atoms with Crippen molar-refractivity contribution >= 4 is 27.5 Å². The van der Waals surface area contributed by atoms with Crippen molar-refractivity contribution in [2.24, 2.45) is 0 Å². The number of amides is 2. The number of anilines is 1. The third-order valence-corrected chi connectivity index (χ3v) is 8.85. The molecule has 0 spiro atoms. The molecular formula is C33H41N3O4S. The second kappa shape index (κ2) is 13.8. The molecule has 0 heterocycles. The molecule has 0 aromatic heterocycles. The fourth-order valence-electron chi connectivity index (χ4n) is 5.56. The largest absolute Gasteiger partial charge is 0.352 e. The molecule has 218 valence electrons. The van der Waals surface area contributed by atoms with Crippen LogP contribution in [0.3, 0.4) is 0 Å². The van der Waals surface area contributed by atoms with Crippen LogP contribution in [-0.2, 0) is 32.6 Å². The minimum atomic E-state index is -3.80. The highest BCUT2D eigenvalue weighted by Gasteiger charge is 2.34. The Labute approximate surface area is 244 Å². The number of nitrogens with one attached hydrogen (secondary N) is 1. The third-order valence-electron chi connectivity index (χ3n) is 7.72. The van der Waals surface area contributed by atoms with Gasteiger partial charge in [-0.05, 0) is 49.4 Å². The molecule has 1 aliphatic rings. The Morgan fingerprint density at radius 1 is 0.878 bits per heavy atom. The molecule has 0 aliphatic heterocycles. The smallest absolute Gasteiger partial charge is 0.244 e. The van der Waals surface area contributed by atoms with Crippen molar-refractivity contribution in [2.75, 3.05) is 17.1 Å². The van der Waals surface area contributed by atoms with Gasteiger partial charge in [-0.15, -0.1) is 0 Å². The molecule has 1 N–H and O–H groups in total. The Balaban J connectivity index is 1.72. The van der Waals surface area contributed by atoms with Crippen LogP contribution < -0.4 is 9.62 Å². The maximum atomic E-state index is 14.2. The molecule has 1 saturated carbocycles. The summed E-state index contributed by atoms with van der Waals surface area (Å²) in [6.45, 7) is 3.55. The van der Waals surface area contributed by atoms with Gasteiger partial charge in [0.25, 0.3) is 0 Å². The Morgan fingerprint density at radius 3 is 2.07 bits per heavy atom. The number of rotatable bonds is 11. The van der Waals surface area contributed by atoms with Crippen molar-refractivity contribution in [3.05, 3.63) is 101 Å². The summed E-state index contributed by atoms with van der Waals surface area (Å²) in [5.41, 5.74) is 4.00. The van der Waals surface area contributed by atoms with Crippen LogP contribution in [0.2, 0.25) is 0 Å². The Morgan fingerprint density at radius 2 is 1.49 bits per heavy atom. The molecule has 4 rings (SSSR count). The second-order valence-electron chi connectivity index (χ2n) is 11.1. The van der Waals surface area contributed by atoms with E-state index in [1.54, 1.807) is 11.0 Å². The number of aryl methyl sites for hydroxylation is 2. The minimum absolute atomic E-state index is 0.0749. The van der Waals surface area contributed by atoms with E-state index >= 15 is 0 Å². The Bertz CT molecular complexity index is 1420. The van der Waals surface area contributed by atoms with Crippen LogP contribution in [0.5, 0.6) is 0 Å². The van der Waals surface area contributed by atoms with Gasteiger partial charge in [0.1, 0.15) is 12.6 Å². The number of carbonyl (C=O) groups is 2. The molecule has 1 unspecified atom stereocenters. The van der Waals surface area contributed by atoms with Gasteiger partial charge in [0.2, 0.25) is 21.8 Å². The zero-order valence-corrected chi connectivity index (χ0v) is 25.1. The van der Waals surface area contributed by atoms with Crippen LogP contribution in [0, 0.1) is 13.8 Å². The molecule has 7 nitrogen and oxygen atoms in total. The first-order valence-electron chi connectivity index (χ1n) is 14.3. The molecule has 3 aromatic carbocycles. The van der Waals surface area contributed by atoms with Crippen LogP contribution in [0.15, 0.2) is 78.9 Å². The highest BCUT2D eigenvalue weighted by atomic mass is 32.2. The average Bonchev–Trinajstić information content (AvgIpc) is 2.95. The molecule has 0 bridgehead atoms. The van der Waals surface area contributed by atoms with Crippen molar-refractivity contribution in [3.8, 4) is 0 Å². The van der Waals surface area contributed by atoms with Crippen molar-refractivity contribution in [1.29, 1.82) is 0 Å². The number of benzene rings is 3. The summed E-state index contributed by atoms with van der Waals surface area (Å²) in [6.07, 6.45) is 6.58. The van der Waals surface area contributed by atoms with Crippen molar-refractivity contribution < 1.29 is 18.0 Å². The fraction of sp³-hybridized carbons (Fsp3) is 0.394. The van der Waals surface area contributed by atoms with E-state index in [-0.39, 0.29) is 18.5 Å². The maximum absolute atomic E-state index is 14.2. The van der Waals surface area contributed by atoms with Gasteiger partial charge >= 0.3 is 0 Å². The number of hydrogen-bond donors (Lipinski definition) is 1. The van der Waals surface area contributed by atoms with Crippen molar-refractivity contribution in [3.63, 3.8) is 0 Å². The molecule has 0 radical (unpaired) electrons. The summed E-state index contributed by atoms with van der Waals surface area (Å²) in [5.74, 6) is -0.638. The van der Waals surface area contributed by atoms with E-state index in [1.807, 2.05) is 86.6 Å². The van der Waals surface area contributed by atoms with Gasteiger partial charge in [-0.2, -0.15) is 0 Å². The number of hydrogen-bond acceptors (Lipinski definition) is 4. The maximum Gasteiger partial charge on any atom is 0.244 e. The summed E-state index contributed by atoms with van der Waals surface area (Å²) >= 11 is 0. The van der Waals surface area contributed by atoms with E-state index in [1.165, 1.54) is 0 Å². The topological polar surface area (TPSA) is 86.8 Å². The van der Waals surface area contributed by atoms with Crippen LogP contribution in [0.1, 0.15) is 54.4 Å². The van der Waals surface area contributed by atoms with Gasteiger partial charge in [-0.3, -0.25) is 13.9 Å². The van der Waals surface area contributed by atoms with Crippen LogP contribution in [0.4, 0.5) is 5.69 Å². The van der Waals surface area contributed by atoms with Gasteiger partial charge in [0.15, 0.2) is 0 Å². The monoisotopic (exact) mass is 575 g/mol. The summed E-state index contributed by atoms with van der Waals surface area (Å²) in [4.78, 5) is 29.7. The molecule has 1 atom stereocenters. The van der Waals surface area contributed by atoms with E-state index in [0.717, 1.165) is 64.9 Å². The molecule has 3 aromatic rings. The summed E-state index contributed by atoms with van der Waals surface area (Å²) in [7, 11) is -3.80. The predicted octanol–water partition coefficient (Wildman–Crippen LogP) is 5.16. The van der Waals surface area contributed by atoms with E-state index in [9.17, 15) is 18.0 Å². The minimum Gasteiger partial charge on any atom is -0.352 e. The predicted molar refractivity (Wildman–Crippen MR) is 164 cm³/mol. The highest BCUT2D eigenvalue weighted by molar-refractivity contribution is 7.92. The Kier molecular flexibility index (Phi) is 10.2. The lowest BCUT2D eigenvalue weighted by atomic mass is 9.94. The molecule has 8 heteroatoms. The van der Waals surface area contributed by atoms with E-state index in [2.05, 4.69) is 5.32 Å². The molecule has 2 amide bonds. The first kappa shape index (κ1) is 30.3. The zero-order chi connectivity index (χ0) is 29.4. The van der Waals surface area contributed by atoms with Crippen LogP contribution in [0.25, 0.3) is 0 Å². The fourth-order valence-corrected chi connectivity index (χ4v) is 6.47. The number of sulfonamides is 1. The number of nitrogens with zero attached hydrogens (tertiary/aromatic N) is 2. The van der Waals surface area contributed by atoms with E-state index in [0.29, 0.717) is 12.1 Å². The Hall–Kier alpha value is -3.65. The second-order valence-corrected chi connectivity index (χ2v) is 13.0. The van der Waals surface area contributed by atoms with E-state index in [4.69, 9.17) is 0 Å². The first-order chi connectivity index (χ1) is 19.6. The van der Waals surface area contributed by atoms with Gasteiger partial charge in [-0.1, -0.05) is 97.6 Å². The molecular weight excluding hydrogens is 534 g/mol. The normalized spacial score (nSPS) is 14.7.